The van der Waals surface area contributed by atoms with Crippen LogP contribution in [0.4, 0.5) is 5.95 Å². The van der Waals surface area contributed by atoms with Crippen molar-refractivity contribution in [3.63, 3.8) is 0 Å². The van der Waals surface area contributed by atoms with Crippen molar-refractivity contribution in [2.75, 3.05) is 12.8 Å². The highest BCUT2D eigenvalue weighted by atomic mass is 16.5. The lowest BCUT2D eigenvalue weighted by atomic mass is 10.0. The van der Waals surface area contributed by atoms with Crippen molar-refractivity contribution in [3.05, 3.63) is 54.9 Å². The minimum Gasteiger partial charge on any atom is -0.497 e. The number of aryl methyl sites for hydroxylation is 1. The van der Waals surface area contributed by atoms with Crippen LogP contribution in [0.25, 0.3) is 44.3 Å². The van der Waals surface area contributed by atoms with Gasteiger partial charge < -0.3 is 20.0 Å². The fourth-order valence-electron chi connectivity index (χ4n) is 3.66. The van der Waals surface area contributed by atoms with Crippen LogP contribution in [0.5, 0.6) is 5.75 Å². The third kappa shape index (κ3) is 2.40. The number of H-pyrrole nitrogens is 1. The highest BCUT2D eigenvalue weighted by Crippen LogP contribution is 2.38. The molecular formula is C21H18N6O. The first-order chi connectivity index (χ1) is 13.7. The van der Waals surface area contributed by atoms with Crippen LogP contribution in [0.1, 0.15) is 0 Å². The van der Waals surface area contributed by atoms with Gasteiger partial charge in [0.15, 0.2) is 0 Å². The van der Waals surface area contributed by atoms with Gasteiger partial charge in [0.1, 0.15) is 17.1 Å². The van der Waals surface area contributed by atoms with E-state index in [2.05, 4.69) is 30.8 Å². The molecule has 28 heavy (non-hydrogen) atoms. The van der Waals surface area contributed by atoms with E-state index in [-0.39, 0.29) is 5.95 Å². The van der Waals surface area contributed by atoms with Crippen LogP contribution in [0, 0.1) is 0 Å². The summed E-state index contributed by atoms with van der Waals surface area (Å²) in [5, 5.41) is 10.5. The Morgan fingerprint density at radius 3 is 2.71 bits per heavy atom. The van der Waals surface area contributed by atoms with Crippen molar-refractivity contribution in [3.8, 4) is 28.3 Å². The van der Waals surface area contributed by atoms with Gasteiger partial charge in [-0.15, -0.1) is 10.2 Å². The van der Waals surface area contributed by atoms with Gasteiger partial charge >= 0.3 is 0 Å². The highest BCUT2D eigenvalue weighted by Gasteiger charge is 2.20. The number of anilines is 1. The fourth-order valence-corrected chi connectivity index (χ4v) is 3.66. The van der Waals surface area contributed by atoms with E-state index in [4.69, 9.17) is 10.5 Å². The Balaban J connectivity index is 1.82. The molecule has 7 heteroatoms. The molecule has 7 nitrogen and oxygen atoms in total. The van der Waals surface area contributed by atoms with Crippen molar-refractivity contribution < 1.29 is 4.74 Å². The van der Waals surface area contributed by atoms with Gasteiger partial charge in [0, 0.05) is 52.4 Å². The summed E-state index contributed by atoms with van der Waals surface area (Å²) in [4.78, 5) is 7.84. The normalized spacial score (nSPS) is 11.4. The van der Waals surface area contributed by atoms with Gasteiger partial charge in [-0.05, 0) is 24.3 Å². The molecule has 5 aromatic rings. The number of ether oxygens (including phenoxy) is 1. The topological polar surface area (TPSA) is 94.6 Å². The number of aromatic amines is 1. The van der Waals surface area contributed by atoms with E-state index < -0.39 is 0 Å². The molecule has 0 saturated heterocycles. The zero-order valence-electron chi connectivity index (χ0n) is 15.5. The van der Waals surface area contributed by atoms with Crippen molar-refractivity contribution in [1.82, 2.24) is 24.7 Å². The molecule has 0 atom stereocenters. The summed E-state index contributed by atoms with van der Waals surface area (Å²) >= 11 is 0. The Labute approximate surface area is 160 Å². The molecule has 138 valence electrons. The summed E-state index contributed by atoms with van der Waals surface area (Å²) in [6, 6.07) is 14.0. The summed E-state index contributed by atoms with van der Waals surface area (Å²) in [5.74, 6) is 0.923. The molecule has 0 spiro atoms. The maximum atomic E-state index is 5.90. The molecule has 0 saturated carbocycles. The second kappa shape index (κ2) is 6.09. The lowest BCUT2D eigenvalue weighted by Crippen LogP contribution is -2.02. The number of hydrogen-bond donors (Lipinski definition) is 2. The standard InChI is InChI=1S/C21H18N6O/c1-27-11-16(14-9-12(28-2)7-8-18(14)27)20-19(24-21(22)26-25-20)15-10-23-17-6-4-3-5-13(15)17/h3-11,23H,1-2H3,(H2,22,24,26). The third-order valence-electron chi connectivity index (χ3n) is 5.00. The van der Waals surface area contributed by atoms with Gasteiger partial charge in [-0.3, -0.25) is 0 Å². The summed E-state index contributed by atoms with van der Waals surface area (Å²) in [6.45, 7) is 0. The van der Waals surface area contributed by atoms with Crippen LogP contribution in [-0.2, 0) is 7.05 Å². The Kier molecular flexibility index (Phi) is 3.55. The van der Waals surface area contributed by atoms with Crippen LogP contribution in [-0.4, -0.2) is 31.8 Å². The zero-order valence-corrected chi connectivity index (χ0v) is 15.5. The average molecular weight is 370 g/mol. The van der Waals surface area contributed by atoms with E-state index >= 15 is 0 Å². The predicted molar refractivity (Wildman–Crippen MR) is 110 cm³/mol. The van der Waals surface area contributed by atoms with Crippen molar-refractivity contribution in [2.45, 2.75) is 0 Å². The highest BCUT2D eigenvalue weighted by molar-refractivity contribution is 6.02. The molecule has 0 bridgehead atoms. The summed E-state index contributed by atoms with van der Waals surface area (Å²) in [5.41, 5.74) is 11.2. The lowest BCUT2D eigenvalue weighted by Gasteiger charge is -2.07. The molecule has 0 aliphatic heterocycles. The molecule has 0 radical (unpaired) electrons. The largest absolute Gasteiger partial charge is 0.497 e. The molecule has 0 fully saturated rings. The number of para-hydroxylation sites is 1. The molecule has 0 aliphatic rings. The molecule has 3 aromatic heterocycles. The smallest absolute Gasteiger partial charge is 0.240 e. The van der Waals surface area contributed by atoms with Crippen molar-refractivity contribution in [2.24, 2.45) is 7.05 Å². The number of nitrogens with zero attached hydrogens (tertiary/aromatic N) is 4. The molecule has 3 heterocycles. The van der Waals surface area contributed by atoms with Gasteiger partial charge in [0.25, 0.3) is 0 Å². The van der Waals surface area contributed by atoms with E-state index in [0.29, 0.717) is 11.4 Å². The van der Waals surface area contributed by atoms with Crippen molar-refractivity contribution in [1.29, 1.82) is 0 Å². The number of rotatable bonds is 3. The number of nitrogens with two attached hydrogens (primary N) is 1. The summed E-state index contributed by atoms with van der Waals surface area (Å²) < 4.78 is 7.47. The van der Waals surface area contributed by atoms with Crippen LogP contribution < -0.4 is 10.5 Å². The van der Waals surface area contributed by atoms with Gasteiger partial charge in [0.05, 0.1) is 7.11 Å². The summed E-state index contributed by atoms with van der Waals surface area (Å²) in [6.07, 6.45) is 3.97. The minimum absolute atomic E-state index is 0.141. The van der Waals surface area contributed by atoms with Gasteiger partial charge in [-0.1, -0.05) is 18.2 Å². The third-order valence-corrected chi connectivity index (χ3v) is 5.00. The Hall–Kier alpha value is -3.87. The second-order valence-electron chi connectivity index (χ2n) is 6.65. The van der Waals surface area contributed by atoms with Crippen LogP contribution in [0.3, 0.4) is 0 Å². The number of benzene rings is 2. The van der Waals surface area contributed by atoms with Crippen LogP contribution in [0.15, 0.2) is 54.9 Å². The minimum atomic E-state index is 0.141. The molecule has 0 unspecified atom stereocenters. The van der Waals surface area contributed by atoms with Gasteiger partial charge in [-0.25, -0.2) is 4.98 Å². The van der Waals surface area contributed by atoms with E-state index in [1.807, 2.05) is 55.8 Å². The number of fused-ring (bicyclic) bond motifs is 2. The molecule has 0 amide bonds. The maximum Gasteiger partial charge on any atom is 0.240 e. The molecule has 5 rings (SSSR count). The first-order valence-corrected chi connectivity index (χ1v) is 8.86. The number of aromatic nitrogens is 5. The molecule has 2 aromatic carbocycles. The Morgan fingerprint density at radius 1 is 1.00 bits per heavy atom. The fraction of sp³-hybridized carbons (Fsp3) is 0.0952. The summed E-state index contributed by atoms with van der Waals surface area (Å²) in [7, 11) is 3.66. The second-order valence-corrected chi connectivity index (χ2v) is 6.65. The van der Waals surface area contributed by atoms with Gasteiger partial charge in [-0.2, -0.15) is 0 Å². The average Bonchev–Trinajstić information content (AvgIpc) is 3.29. The Morgan fingerprint density at radius 2 is 1.86 bits per heavy atom. The molecule has 0 aliphatic carbocycles. The van der Waals surface area contributed by atoms with E-state index in [0.717, 1.165) is 38.7 Å². The van der Waals surface area contributed by atoms with Crippen LogP contribution in [0.2, 0.25) is 0 Å². The molecule has 3 N–H and O–H groups in total. The zero-order chi connectivity index (χ0) is 19.3. The molecular weight excluding hydrogens is 352 g/mol. The number of nitrogen functional groups attached to an aromatic ring is 1. The predicted octanol–water partition coefficient (Wildman–Crippen LogP) is 3.77. The van der Waals surface area contributed by atoms with Gasteiger partial charge in [0.2, 0.25) is 5.95 Å². The maximum absolute atomic E-state index is 5.90. The lowest BCUT2D eigenvalue weighted by molar-refractivity contribution is 0.415. The first-order valence-electron chi connectivity index (χ1n) is 8.86. The quantitative estimate of drug-likeness (QED) is 0.504. The van der Waals surface area contributed by atoms with E-state index in [9.17, 15) is 0 Å². The SMILES string of the molecule is COc1ccc2c(c1)c(-c1nnc(N)nc1-c1c[nH]c3ccccc13)cn2C. The van der Waals surface area contributed by atoms with Crippen molar-refractivity contribution >= 4 is 27.8 Å². The number of methoxy groups -OCH3 is 1. The van der Waals surface area contributed by atoms with E-state index in [1.54, 1.807) is 7.11 Å². The number of hydrogen-bond acceptors (Lipinski definition) is 5. The van der Waals surface area contributed by atoms with Crippen LogP contribution >= 0.6 is 0 Å². The first kappa shape index (κ1) is 16.3. The van der Waals surface area contributed by atoms with E-state index in [1.165, 1.54) is 0 Å². The monoisotopic (exact) mass is 370 g/mol. The number of nitrogens with one attached hydrogen (secondary N) is 1. The Bertz CT molecular complexity index is 1330.